The van der Waals surface area contributed by atoms with Crippen LogP contribution in [0.4, 0.5) is 0 Å². The van der Waals surface area contributed by atoms with Crippen molar-refractivity contribution < 1.29 is 18.3 Å². The number of benzene rings is 1. The lowest BCUT2D eigenvalue weighted by atomic mass is 10.1. The van der Waals surface area contributed by atoms with Gasteiger partial charge in [-0.25, -0.2) is 8.42 Å². The number of aliphatic hydroxyl groups is 1. The van der Waals surface area contributed by atoms with Crippen LogP contribution in [0.25, 0.3) is 0 Å². The largest absolute Gasteiger partial charge is 0.392 e. The molecular formula is C14H15ClN2O4S. The van der Waals surface area contributed by atoms with E-state index in [1.807, 2.05) is 0 Å². The highest BCUT2D eigenvalue weighted by Gasteiger charge is 2.44. The lowest BCUT2D eigenvalue weighted by Crippen LogP contribution is -2.35. The van der Waals surface area contributed by atoms with Crippen molar-refractivity contribution in [1.29, 1.82) is 5.26 Å². The molecule has 0 saturated heterocycles. The molecule has 2 N–H and O–H groups in total. The average molecular weight is 343 g/mol. The molecule has 0 bridgehead atoms. The van der Waals surface area contributed by atoms with Gasteiger partial charge in [-0.15, -0.1) is 0 Å². The number of nitriles is 1. The Morgan fingerprint density at radius 2 is 2.09 bits per heavy atom. The molecule has 8 heteroatoms. The summed E-state index contributed by atoms with van der Waals surface area (Å²) < 4.78 is 25.2. The lowest BCUT2D eigenvalue weighted by Gasteiger charge is -2.13. The number of carbonyl (C=O) groups excluding carboxylic acids is 1. The fourth-order valence-corrected chi connectivity index (χ4v) is 4.95. The number of amides is 1. The van der Waals surface area contributed by atoms with Crippen LogP contribution < -0.4 is 5.32 Å². The second-order valence-corrected chi connectivity index (χ2v) is 7.72. The van der Waals surface area contributed by atoms with E-state index in [9.17, 15) is 18.3 Å². The molecule has 1 fully saturated rings. The van der Waals surface area contributed by atoms with Crippen LogP contribution in [0.3, 0.4) is 0 Å². The summed E-state index contributed by atoms with van der Waals surface area (Å²) >= 11 is 5.93. The first-order chi connectivity index (χ1) is 10.4. The third-order valence-corrected chi connectivity index (χ3v) is 6.42. The summed E-state index contributed by atoms with van der Waals surface area (Å²) in [4.78, 5) is 11.9. The van der Waals surface area contributed by atoms with Gasteiger partial charge >= 0.3 is 0 Å². The van der Waals surface area contributed by atoms with Gasteiger partial charge in [0.2, 0.25) is 5.91 Å². The molecule has 1 saturated carbocycles. The van der Waals surface area contributed by atoms with Crippen molar-refractivity contribution in [2.75, 3.05) is 6.54 Å². The minimum atomic E-state index is -3.73. The molecular weight excluding hydrogens is 328 g/mol. The number of nitrogens with one attached hydrogen (secondary N) is 1. The fourth-order valence-electron chi connectivity index (χ4n) is 2.62. The van der Waals surface area contributed by atoms with Crippen LogP contribution >= 0.6 is 11.6 Å². The second kappa shape index (κ2) is 6.65. The van der Waals surface area contributed by atoms with Crippen molar-refractivity contribution in [1.82, 2.24) is 5.32 Å². The molecule has 0 unspecified atom stereocenters. The Bertz CT molecular complexity index is 714. The highest BCUT2D eigenvalue weighted by Crippen LogP contribution is 2.36. The average Bonchev–Trinajstić information content (AvgIpc) is 2.88. The van der Waals surface area contributed by atoms with Crippen molar-refractivity contribution in [2.24, 2.45) is 5.92 Å². The summed E-state index contributed by atoms with van der Waals surface area (Å²) in [7, 11) is -3.73. The molecule has 0 radical (unpaired) electrons. The SMILES string of the molecule is N#CCNC(=O)[C@H]1C[C@H](S(=O)(=O)c2ccccc2Cl)C[C@@H]1O. The zero-order chi connectivity index (χ0) is 16.3. The number of aliphatic hydroxyl groups excluding tert-OH is 1. The number of nitrogens with zero attached hydrogens (tertiary/aromatic N) is 1. The van der Waals surface area contributed by atoms with E-state index in [1.54, 1.807) is 18.2 Å². The number of rotatable bonds is 4. The van der Waals surface area contributed by atoms with Gasteiger partial charge in [-0.2, -0.15) is 5.26 Å². The number of sulfone groups is 1. The van der Waals surface area contributed by atoms with E-state index in [0.717, 1.165) is 0 Å². The van der Waals surface area contributed by atoms with Crippen LogP contribution in [-0.4, -0.2) is 37.3 Å². The monoisotopic (exact) mass is 342 g/mol. The molecule has 3 atom stereocenters. The topological polar surface area (TPSA) is 107 Å². The summed E-state index contributed by atoms with van der Waals surface area (Å²) in [5, 5.41) is 20.0. The standard InChI is InChI=1S/C14H15ClN2O4S/c15-11-3-1-2-4-13(11)22(20,21)9-7-10(12(18)8-9)14(19)17-6-5-16/h1-4,9-10,12,18H,6-8H2,(H,17,19)/t9-,10-,12-/m0/s1. The van der Waals surface area contributed by atoms with Gasteiger partial charge in [0.05, 0.1) is 33.3 Å². The third kappa shape index (κ3) is 3.24. The van der Waals surface area contributed by atoms with E-state index in [0.29, 0.717) is 0 Å². The van der Waals surface area contributed by atoms with E-state index in [2.05, 4.69) is 5.32 Å². The Labute approximate surface area is 133 Å². The van der Waals surface area contributed by atoms with Crippen molar-refractivity contribution in [2.45, 2.75) is 29.1 Å². The van der Waals surface area contributed by atoms with E-state index >= 15 is 0 Å². The first-order valence-electron chi connectivity index (χ1n) is 6.69. The number of hydrogen-bond donors (Lipinski definition) is 2. The van der Waals surface area contributed by atoms with Crippen LogP contribution in [0.1, 0.15) is 12.8 Å². The maximum Gasteiger partial charge on any atom is 0.226 e. The van der Waals surface area contributed by atoms with Crippen molar-refractivity contribution in [3.05, 3.63) is 29.3 Å². The Hall–Kier alpha value is -1.62. The number of carbonyl (C=O) groups is 1. The molecule has 2 rings (SSSR count). The van der Waals surface area contributed by atoms with Crippen LogP contribution in [0, 0.1) is 17.2 Å². The zero-order valence-corrected chi connectivity index (χ0v) is 13.1. The molecule has 1 aliphatic rings. The fraction of sp³-hybridized carbons (Fsp3) is 0.429. The first-order valence-corrected chi connectivity index (χ1v) is 8.61. The Kier molecular flexibility index (Phi) is 5.06. The molecule has 0 heterocycles. The quantitative estimate of drug-likeness (QED) is 0.790. The van der Waals surface area contributed by atoms with Crippen molar-refractivity contribution >= 4 is 27.3 Å². The Morgan fingerprint density at radius 3 is 2.73 bits per heavy atom. The maximum atomic E-state index is 12.6. The van der Waals surface area contributed by atoms with Gasteiger partial charge in [-0.05, 0) is 25.0 Å². The van der Waals surface area contributed by atoms with Crippen LogP contribution in [0.2, 0.25) is 5.02 Å². The highest BCUT2D eigenvalue weighted by atomic mass is 35.5. The number of hydrogen-bond acceptors (Lipinski definition) is 5. The van der Waals surface area contributed by atoms with E-state index in [4.69, 9.17) is 16.9 Å². The first kappa shape index (κ1) is 16.7. The van der Waals surface area contributed by atoms with Gasteiger partial charge < -0.3 is 10.4 Å². The summed E-state index contributed by atoms with van der Waals surface area (Å²) in [5.41, 5.74) is 0. The second-order valence-electron chi connectivity index (χ2n) is 5.12. The Morgan fingerprint density at radius 1 is 1.41 bits per heavy atom. The van der Waals surface area contributed by atoms with Crippen molar-refractivity contribution in [3.63, 3.8) is 0 Å². The van der Waals surface area contributed by atoms with Gasteiger partial charge in [0.25, 0.3) is 0 Å². The van der Waals surface area contributed by atoms with Crippen molar-refractivity contribution in [3.8, 4) is 6.07 Å². The normalized spacial score (nSPS) is 24.7. The van der Waals surface area contributed by atoms with Gasteiger partial charge in [0, 0.05) is 0 Å². The predicted octanol–water partition coefficient (Wildman–Crippen LogP) is 0.893. The third-order valence-electron chi connectivity index (χ3n) is 3.75. The van der Waals surface area contributed by atoms with Crippen LogP contribution in [0.15, 0.2) is 29.2 Å². The molecule has 1 aromatic rings. The predicted molar refractivity (Wildman–Crippen MR) is 79.8 cm³/mol. The smallest absolute Gasteiger partial charge is 0.226 e. The summed E-state index contributed by atoms with van der Waals surface area (Å²) in [5.74, 6) is -1.35. The summed E-state index contributed by atoms with van der Waals surface area (Å²) in [6, 6.07) is 7.85. The van der Waals surface area contributed by atoms with Gasteiger partial charge in [-0.1, -0.05) is 23.7 Å². The molecule has 22 heavy (non-hydrogen) atoms. The molecule has 6 nitrogen and oxygen atoms in total. The minimum absolute atomic E-state index is 0.00594. The molecule has 1 aliphatic carbocycles. The minimum Gasteiger partial charge on any atom is -0.392 e. The van der Waals surface area contributed by atoms with E-state index < -0.39 is 33.0 Å². The van der Waals surface area contributed by atoms with Gasteiger partial charge in [0.1, 0.15) is 6.54 Å². The molecule has 0 spiro atoms. The highest BCUT2D eigenvalue weighted by molar-refractivity contribution is 7.92. The zero-order valence-electron chi connectivity index (χ0n) is 11.6. The summed E-state index contributed by atoms with van der Waals surface area (Å²) in [6.07, 6.45) is -1.08. The molecule has 1 aromatic carbocycles. The molecule has 118 valence electrons. The van der Waals surface area contributed by atoms with Gasteiger partial charge in [0.15, 0.2) is 9.84 Å². The summed E-state index contributed by atoms with van der Waals surface area (Å²) in [6.45, 7) is -0.177. The molecule has 0 aromatic heterocycles. The van der Waals surface area contributed by atoms with Crippen LogP contribution in [0.5, 0.6) is 0 Å². The number of halogens is 1. The lowest BCUT2D eigenvalue weighted by molar-refractivity contribution is -0.127. The Balaban J connectivity index is 2.20. The molecule has 0 aliphatic heterocycles. The van der Waals surface area contributed by atoms with E-state index in [1.165, 1.54) is 12.1 Å². The van der Waals surface area contributed by atoms with Crippen LogP contribution in [-0.2, 0) is 14.6 Å². The molecule has 1 amide bonds. The van der Waals surface area contributed by atoms with Gasteiger partial charge in [-0.3, -0.25) is 4.79 Å². The maximum absolute atomic E-state index is 12.6. The van der Waals surface area contributed by atoms with E-state index in [-0.39, 0.29) is 29.3 Å².